The molecule has 3 nitrogen and oxygen atoms in total. The lowest BCUT2D eigenvalue weighted by Gasteiger charge is -2.10. The predicted molar refractivity (Wildman–Crippen MR) is 56.3 cm³/mol. The Kier molecular flexibility index (Phi) is 8.89. The normalized spacial score (nSPS) is 12.8. The van der Waals surface area contributed by atoms with Crippen LogP contribution < -0.4 is 0 Å². The number of aliphatic hydroxyl groups is 1. The van der Waals surface area contributed by atoms with Crippen LogP contribution in [0.3, 0.4) is 0 Å². The Morgan fingerprint density at radius 3 is 2.57 bits per heavy atom. The molecule has 1 atom stereocenters. The summed E-state index contributed by atoms with van der Waals surface area (Å²) >= 11 is 0. The zero-order chi connectivity index (χ0) is 10.8. The Hall–Kier alpha value is -0.410. The molecule has 0 aromatic carbocycles. The molecule has 0 aliphatic carbocycles. The maximum Gasteiger partial charge on any atom is 0.135 e. The van der Waals surface area contributed by atoms with Gasteiger partial charge in [0.05, 0.1) is 12.7 Å². The van der Waals surface area contributed by atoms with E-state index in [4.69, 9.17) is 9.84 Å². The number of unbranched alkanes of at least 4 members (excludes halogenated alkanes) is 3. The van der Waals surface area contributed by atoms with Crippen molar-refractivity contribution < 1.29 is 14.6 Å². The fourth-order valence-electron chi connectivity index (χ4n) is 1.33. The summed E-state index contributed by atoms with van der Waals surface area (Å²) < 4.78 is 4.93. The predicted octanol–water partition coefficient (Wildman–Crippen LogP) is 1.92. The van der Waals surface area contributed by atoms with Crippen LogP contribution in [-0.2, 0) is 9.53 Å². The lowest BCUT2D eigenvalue weighted by atomic mass is 10.1. The molecule has 1 N–H and O–H groups in total. The summed E-state index contributed by atoms with van der Waals surface area (Å²) in [5.74, 6) is 0.196. The van der Waals surface area contributed by atoms with E-state index in [9.17, 15) is 4.79 Å². The minimum Gasteiger partial charge on any atom is -0.394 e. The molecule has 14 heavy (non-hydrogen) atoms. The second kappa shape index (κ2) is 9.16. The Morgan fingerprint density at radius 1 is 1.36 bits per heavy atom. The van der Waals surface area contributed by atoms with E-state index < -0.39 is 0 Å². The molecular weight excluding hydrogens is 180 g/mol. The van der Waals surface area contributed by atoms with Gasteiger partial charge in [0.1, 0.15) is 5.78 Å². The first-order chi connectivity index (χ1) is 6.74. The summed E-state index contributed by atoms with van der Waals surface area (Å²) in [7, 11) is 1.52. The number of hydrogen-bond donors (Lipinski definition) is 1. The molecule has 0 aromatic rings. The van der Waals surface area contributed by atoms with E-state index in [1.807, 2.05) is 0 Å². The van der Waals surface area contributed by atoms with Crippen molar-refractivity contribution in [1.29, 1.82) is 0 Å². The first kappa shape index (κ1) is 13.6. The Balaban J connectivity index is 3.44. The van der Waals surface area contributed by atoms with Gasteiger partial charge in [-0.25, -0.2) is 0 Å². The molecule has 0 amide bonds. The van der Waals surface area contributed by atoms with Crippen LogP contribution in [0, 0.1) is 0 Å². The van der Waals surface area contributed by atoms with Crippen molar-refractivity contribution in [2.24, 2.45) is 0 Å². The van der Waals surface area contributed by atoms with E-state index in [2.05, 4.69) is 6.92 Å². The maximum absolute atomic E-state index is 11.3. The number of carbonyl (C=O) groups is 1. The number of aliphatic hydroxyl groups excluding tert-OH is 1. The summed E-state index contributed by atoms with van der Waals surface area (Å²) in [6.07, 6.45) is 5.13. The highest BCUT2D eigenvalue weighted by atomic mass is 16.5. The van der Waals surface area contributed by atoms with Gasteiger partial charge in [-0.05, 0) is 6.42 Å². The minimum atomic E-state index is -0.311. The van der Waals surface area contributed by atoms with Crippen LogP contribution in [0.15, 0.2) is 0 Å². The first-order valence-electron chi connectivity index (χ1n) is 5.40. The van der Waals surface area contributed by atoms with Crippen LogP contribution in [0.4, 0.5) is 0 Å². The van der Waals surface area contributed by atoms with Crippen molar-refractivity contribution in [2.75, 3.05) is 13.7 Å². The molecule has 3 heteroatoms. The van der Waals surface area contributed by atoms with Crippen molar-refractivity contribution in [3.63, 3.8) is 0 Å². The number of hydrogen-bond acceptors (Lipinski definition) is 3. The molecule has 0 aromatic heterocycles. The van der Waals surface area contributed by atoms with Crippen molar-refractivity contribution in [3.8, 4) is 0 Å². The van der Waals surface area contributed by atoms with Crippen molar-refractivity contribution >= 4 is 5.78 Å². The van der Waals surface area contributed by atoms with Crippen molar-refractivity contribution in [3.05, 3.63) is 0 Å². The second-order valence-corrected chi connectivity index (χ2v) is 3.59. The van der Waals surface area contributed by atoms with Crippen LogP contribution in [0.5, 0.6) is 0 Å². The van der Waals surface area contributed by atoms with Gasteiger partial charge >= 0.3 is 0 Å². The minimum absolute atomic E-state index is 0.0722. The third kappa shape index (κ3) is 7.04. The van der Waals surface area contributed by atoms with Crippen LogP contribution in [0.1, 0.15) is 45.4 Å². The molecule has 0 saturated heterocycles. The third-order valence-corrected chi connectivity index (χ3v) is 2.30. The molecule has 0 fully saturated rings. The summed E-state index contributed by atoms with van der Waals surface area (Å²) in [4.78, 5) is 11.3. The van der Waals surface area contributed by atoms with Gasteiger partial charge in [0.2, 0.25) is 0 Å². The van der Waals surface area contributed by atoms with Gasteiger partial charge < -0.3 is 9.84 Å². The number of ether oxygens (including phenoxy) is 1. The fourth-order valence-corrected chi connectivity index (χ4v) is 1.33. The van der Waals surface area contributed by atoms with Gasteiger partial charge in [-0.2, -0.15) is 0 Å². The molecule has 0 aliphatic rings. The summed E-state index contributed by atoms with van der Waals surface area (Å²) in [5, 5.41) is 8.81. The molecule has 0 radical (unpaired) electrons. The number of ketones is 1. The van der Waals surface area contributed by atoms with E-state index in [1.54, 1.807) is 0 Å². The van der Waals surface area contributed by atoms with Gasteiger partial charge in [-0.15, -0.1) is 0 Å². The van der Waals surface area contributed by atoms with Crippen molar-refractivity contribution in [2.45, 2.75) is 51.6 Å². The van der Waals surface area contributed by atoms with Crippen LogP contribution in [0.2, 0.25) is 0 Å². The Morgan fingerprint density at radius 2 is 2.07 bits per heavy atom. The van der Waals surface area contributed by atoms with E-state index in [-0.39, 0.29) is 18.5 Å². The van der Waals surface area contributed by atoms with E-state index >= 15 is 0 Å². The highest BCUT2D eigenvalue weighted by Crippen LogP contribution is 2.06. The number of Topliss-reactive ketones (excluding diaryl/α,β-unsaturated/α-hetero) is 1. The standard InChI is InChI=1S/C11H22O3/c1-3-4-5-6-7-10(13)8-11(9-12)14-2/h11-12H,3-9H2,1-2H3. The molecule has 0 rings (SSSR count). The molecule has 0 saturated carbocycles. The maximum atomic E-state index is 11.3. The van der Waals surface area contributed by atoms with Crippen LogP contribution in [0.25, 0.3) is 0 Å². The zero-order valence-electron chi connectivity index (χ0n) is 9.29. The van der Waals surface area contributed by atoms with E-state index in [0.29, 0.717) is 12.8 Å². The topological polar surface area (TPSA) is 46.5 Å². The van der Waals surface area contributed by atoms with Gasteiger partial charge in [-0.3, -0.25) is 4.79 Å². The average molecular weight is 202 g/mol. The van der Waals surface area contributed by atoms with Gasteiger partial charge in [-0.1, -0.05) is 26.2 Å². The molecule has 84 valence electrons. The highest BCUT2D eigenvalue weighted by molar-refractivity contribution is 5.78. The zero-order valence-corrected chi connectivity index (χ0v) is 9.29. The number of methoxy groups -OCH3 is 1. The Labute approximate surface area is 86.5 Å². The summed E-state index contributed by atoms with van der Waals surface area (Å²) in [6.45, 7) is 2.08. The van der Waals surface area contributed by atoms with Gasteiger partial charge in [0.25, 0.3) is 0 Å². The lowest BCUT2D eigenvalue weighted by Crippen LogP contribution is -2.19. The molecule has 0 heterocycles. The average Bonchev–Trinajstić information content (AvgIpc) is 2.21. The molecular formula is C11H22O3. The van der Waals surface area contributed by atoms with Crippen LogP contribution in [-0.4, -0.2) is 30.7 Å². The molecule has 0 spiro atoms. The SMILES string of the molecule is CCCCCCC(=O)CC(CO)OC. The van der Waals surface area contributed by atoms with Crippen molar-refractivity contribution in [1.82, 2.24) is 0 Å². The van der Waals surface area contributed by atoms with E-state index in [0.717, 1.165) is 12.8 Å². The summed E-state index contributed by atoms with van der Waals surface area (Å²) in [6, 6.07) is 0. The third-order valence-electron chi connectivity index (χ3n) is 2.30. The fraction of sp³-hybridized carbons (Fsp3) is 0.909. The number of carbonyl (C=O) groups excluding carboxylic acids is 1. The van der Waals surface area contributed by atoms with Gasteiger partial charge in [0, 0.05) is 20.0 Å². The van der Waals surface area contributed by atoms with Gasteiger partial charge in [0.15, 0.2) is 0 Å². The summed E-state index contributed by atoms with van der Waals surface area (Å²) in [5.41, 5.74) is 0. The quantitative estimate of drug-likeness (QED) is 0.581. The van der Waals surface area contributed by atoms with E-state index in [1.165, 1.54) is 20.0 Å². The monoisotopic (exact) mass is 202 g/mol. The number of rotatable bonds is 9. The lowest BCUT2D eigenvalue weighted by molar-refractivity contribution is -0.122. The molecule has 1 unspecified atom stereocenters. The first-order valence-corrected chi connectivity index (χ1v) is 5.40. The Bertz CT molecular complexity index is 141. The molecule has 0 aliphatic heterocycles. The van der Waals surface area contributed by atoms with Crippen LogP contribution >= 0.6 is 0 Å². The largest absolute Gasteiger partial charge is 0.394 e. The smallest absolute Gasteiger partial charge is 0.135 e. The second-order valence-electron chi connectivity index (χ2n) is 3.59. The highest BCUT2D eigenvalue weighted by Gasteiger charge is 2.11. The molecule has 0 bridgehead atoms.